The summed E-state index contributed by atoms with van der Waals surface area (Å²) >= 11 is 0. The summed E-state index contributed by atoms with van der Waals surface area (Å²) in [5, 5.41) is 6.63. The number of hydrogen-bond donors (Lipinski definition) is 2. The fourth-order valence-corrected chi connectivity index (χ4v) is 3.03. The van der Waals surface area contributed by atoms with Gasteiger partial charge in [0.25, 0.3) is 0 Å². The normalized spacial score (nSPS) is 11.1. The minimum absolute atomic E-state index is 0.335. The first-order chi connectivity index (χ1) is 13.9. The van der Waals surface area contributed by atoms with Crippen molar-refractivity contribution in [2.45, 2.75) is 20.3 Å². The number of pyridine rings is 1. The van der Waals surface area contributed by atoms with Crippen LogP contribution in [0, 0.1) is 5.41 Å². The molecule has 0 bridgehead atoms. The SMILES string of the molecule is COc1ccccc1CCNC(=O)C(C)(C)C(=O)Nc1cccc2cccnc12. The number of rotatable bonds is 7. The Morgan fingerprint density at radius 2 is 1.76 bits per heavy atom. The van der Waals surface area contributed by atoms with Gasteiger partial charge < -0.3 is 15.4 Å². The Hall–Kier alpha value is -3.41. The average molecular weight is 391 g/mol. The zero-order valence-corrected chi connectivity index (χ0v) is 16.9. The van der Waals surface area contributed by atoms with Crippen molar-refractivity contribution in [1.29, 1.82) is 0 Å². The molecular weight excluding hydrogens is 366 g/mol. The molecule has 2 N–H and O–H groups in total. The van der Waals surface area contributed by atoms with Crippen molar-refractivity contribution < 1.29 is 14.3 Å². The molecule has 0 saturated heterocycles. The maximum atomic E-state index is 12.8. The maximum absolute atomic E-state index is 12.8. The number of aromatic nitrogens is 1. The van der Waals surface area contributed by atoms with Crippen LogP contribution in [0.25, 0.3) is 10.9 Å². The van der Waals surface area contributed by atoms with E-state index in [-0.39, 0.29) is 11.8 Å². The summed E-state index contributed by atoms with van der Waals surface area (Å²) in [6.07, 6.45) is 2.29. The van der Waals surface area contributed by atoms with E-state index in [1.54, 1.807) is 33.2 Å². The van der Waals surface area contributed by atoms with Gasteiger partial charge in [-0.3, -0.25) is 14.6 Å². The number of anilines is 1. The summed E-state index contributed by atoms with van der Waals surface area (Å²) in [7, 11) is 1.62. The van der Waals surface area contributed by atoms with Crippen LogP contribution in [-0.4, -0.2) is 30.5 Å². The van der Waals surface area contributed by atoms with Gasteiger partial charge in [0.1, 0.15) is 11.2 Å². The van der Waals surface area contributed by atoms with Gasteiger partial charge in [0.15, 0.2) is 0 Å². The van der Waals surface area contributed by atoms with Crippen LogP contribution < -0.4 is 15.4 Å². The van der Waals surface area contributed by atoms with Crippen LogP contribution in [-0.2, 0) is 16.0 Å². The number of carbonyl (C=O) groups is 2. The lowest BCUT2D eigenvalue weighted by Crippen LogP contribution is -2.45. The number of carbonyl (C=O) groups excluding carboxylic acids is 2. The van der Waals surface area contributed by atoms with E-state index in [0.29, 0.717) is 24.2 Å². The van der Waals surface area contributed by atoms with Gasteiger partial charge in [0, 0.05) is 18.1 Å². The van der Waals surface area contributed by atoms with Gasteiger partial charge in [-0.2, -0.15) is 0 Å². The number of ether oxygens (including phenoxy) is 1. The van der Waals surface area contributed by atoms with Gasteiger partial charge in [-0.25, -0.2) is 0 Å². The molecule has 0 aliphatic heterocycles. The summed E-state index contributed by atoms with van der Waals surface area (Å²) in [6, 6.07) is 17.0. The number of fused-ring (bicyclic) bond motifs is 1. The monoisotopic (exact) mass is 391 g/mol. The molecule has 1 heterocycles. The van der Waals surface area contributed by atoms with Crippen LogP contribution >= 0.6 is 0 Å². The fraction of sp³-hybridized carbons (Fsp3) is 0.261. The zero-order chi connectivity index (χ0) is 20.9. The van der Waals surface area contributed by atoms with E-state index in [1.165, 1.54) is 0 Å². The van der Waals surface area contributed by atoms with Crippen LogP contribution in [0.3, 0.4) is 0 Å². The molecule has 0 spiro atoms. The second-order valence-electron chi connectivity index (χ2n) is 7.28. The topological polar surface area (TPSA) is 80.3 Å². The summed E-state index contributed by atoms with van der Waals surface area (Å²) in [6.45, 7) is 3.63. The Labute approximate surface area is 170 Å². The minimum atomic E-state index is -1.24. The van der Waals surface area contributed by atoms with Gasteiger partial charge in [-0.15, -0.1) is 0 Å². The third-order valence-electron chi connectivity index (χ3n) is 4.89. The van der Waals surface area contributed by atoms with Crippen molar-refractivity contribution in [3.63, 3.8) is 0 Å². The summed E-state index contributed by atoms with van der Waals surface area (Å²) in [5.41, 5.74) is 1.04. The van der Waals surface area contributed by atoms with E-state index in [2.05, 4.69) is 15.6 Å². The van der Waals surface area contributed by atoms with Crippen molar-refractivity contribution in [3.05, 3.63) is 66.4 Å². The molecule has 2 aromatic carbocycles. The van der Waals surface area contributed by atoms with Gasteiger partial charge in [0.2, 0.25) is 11.8 Å². The highest BCUT2D eigenvalue weighted by molar-refractivity contribution is 6.12. The Balaban J connectivity index is 1.64. The molecule has 6 heteroatoms. The molecule has 3 rings (SSSR count). The van der Waals surface area contributed by atoms with Crippen LogP contribution in [0.2, 0.25) is 0 Å². The third-order valence-corrected chi connectivity index (χ3v) is 4.89. The molecule has 0 aliphatic rings. The van der Waals surface area contributed by atoms with Gasteiger partial charge in [0.05, 0.1) is 18.3 Å². The molecule has 0 atom stereocenters. The zero-order valence-electron chi connectivity index (χ0n) is 16.9. The highest BCUT2D eigenvalue weighted by Gasteiger charge is 2.36. The molecule has 3 aromatic rings. The van der Waals surface area contributed by atoms with Gasteiger partial charge in [-0.05, 0) is 44.0 Å². The second-order valence-corrected chi connectivity index (χ2v) is 7.28. The lowest BCUT2D eigenvalue weighted by Gasteiger charge is -2.23. The Bertz CT molecular complexity index is 1030. The van der Waals surface area contributed by atoms with Crippen molar-refractivity contribution in [3.8, 4) is 5.75 Å². The van der Waals surface area contributed by atoms with Gasteiger partial charge in [-0.1, -0.05) is 36.4 Å². The van der Waals surface area contributed by atoms with E-state index in [4.69, 9.17) is 4.74 Å². The van der Waals surface area contributed by atoms with Crippen molar-refractivity contribution in [2.24, 2.45) is 5.41 Å². The first-order valence-electron chi connectivity index (χ1n) is 9.49. The predicted molar refractivity (Wildman–Crippen MR) is 114 cm³/mol. The molecule has 150 valence electrons. The van der Waals surface area contributed by atoms with E-state index in [1.807, 2.05) is 48.5 Å². The van der Waals surface area contributed by atoms with E-state index < -0.39 is 5.41 Å². The lowest BCUT2D eigenvalue weighted by atomic mass is 9.90. The molecule has 29 heavy (non-hydrogen) atoms. The van der Waals surface area contributed by atoms with Gasteiger partial charge >= 0.3 is 0 Å². The van der Waals surface area contributed by atoms with Crippen LogP contribution in [0.15, 0.2) is 60.8 Å². The largest absolute Gasteiger partial charge is 0.496 e. The smallest absolute Gasteiger partial charge is 0.239 e. The van der Waals surface area contributed by atoms with Crippen molar-refractivity contribution in [1.82, 2.24) is 10.3 Å². The Kier molecular flexibility index (Phi) is 6.12. The number of para-hydroxylation sites is 2. The molecule has 6 nitrogen and oxygen atoms in total. The number of nitrogens with zero attached hydrogens (tertiary/aromatic N) is 1. The number of amides is 2. The molecule has 0 unspecified atom stereocenters. The number of hydrogen-bond acceptors (Lipinski definition) is 4. The second kappa shape index (κ2) is 8.73. The number of nitrogens with one attached hydrogen (secondary N) is 2. The van der Waals surface area contributed by atoms with Crippen molar-refractivity contribution in [2.75, 3.05) is 19.0 Å². The lowest BCUT2D eigenvalue weighted by molar-refractivity contribution is -0.138. The Morgan fingerprint density at radius 1 is 1.00 bits per heavy atom. The summed E-state index contributed by atoms with van der Waals surface area (Å²) in [4.78, 5) is 29.9. The number of benzene rings is 2. The highest BCUT2D eigenvalue weighted by Crippen LogP contribution is 2.24. The standard InChI is InChI=1S/C23H25N3O3/c1-23(2,21(27)25-15-13-16-8-4-5-12-19(16)29-3)22(28)26-18-11-6-9-17-10-7-14-24-20(17)18/h4-12,14H,13,15H2,1-3H3,(H,25,27)(H,26,28). The quantitative estimate of drug-likeness (QED) is 0.604. The molecular formula is C23H25N3O3. The average Bonchev–Trinajstić information content (AvgIpc) is 2.74. The van der Waals surface area contributed by atoms with Crippen LogP contribution in [0.5, 0.6) is 5.75 Å². The van der Waals surface area contributed by atoms with Crippen molar-refractivity contribution >= 4 is 28.4 Å². The first kappa shape index (κ1) is 20.3. The molecule has 2 amide bonds. The van der Waals surface area contributed by atoms with E-state index in [9.17, 15) is 9.59 Å². The van der Waals surface area contributed by atoms with E-state index in [0.717, 1.165) is 16.7 Å². The van der Waals surface area contributed by atoms with Crippen LogP contribution in [0.1, 0.15) is 19.4 Å². The van der Waals surface area contributed by atoms with Crippen LogP contribution in [0.4, 0.5) is 5.69 Å². The fourth-order valence-electron chi connectivity index (χ4n) is 3.03. The number of methoxy groups -OCH3 is 1. The Morgan fingerprint density at radius 3 is 2.55 bits per heavy atom. The molecule has 0 radical (unpaired) electrons. The summed E-state index contributed by atoms with van der Waals surface area (Å²) in [5.74, 6) is 0.0609. The molecule has 0 fully saturated rings. The summed E-state index contributed by atoms with van der Waals surface area (Å²) < 4.78 is 5.33. The maximum Gasteiger partial charge on any atom is 0.239 e. The third kappa shape index (κ3) is 4.54. The highest BCUT2D eigenvalue weighted by atomic mass is 16.5. The molecule has 0 aliphatic carbocycles. The first-order valence-corrected chi connectivity index (χ1v) is 9.49. The minimum Gasteiger partial charge on any atom is -0.496 e. The predicted octanol–water partition coefficient (Wildman–Crippen LogP) is 3.57. The molecule has 1 aromatic heterocycles. The molecule has 0 saturated carbocycles. The van der Waals surface area contributed by atoms with E-state index >= 15 is 0 Å².